The maximum atomic E-state index is 11.8. The number of amides is 1. The van der Waals surface area contributed by atoms with Crippen LogP contribution in [0.25, 0.3) is 0 Å². The van der Waals surface area contributed by atoms with Crippen molar-refractivity contribution in [3.8, 4) is 5.75 Å². The van der Waals surface area contributed by atoms with Crippen LogP contribution in [0, 0.1) is 13.8 Å². The van der Waals surface area contributed by atoms with E-state index in [0.29, 0.717) is 6.61 Å². The molecule has 2 rings (SSSR count). The van der Waals surface area contributed by atoms with Crippen LogP contribution in [0.15, 0.2) is 16.6 Å². The molecular formula is C20H31BrN2O3. The van der Waals surface area contributed by atoms with E-state index in [1.54, 1.807) is 0 Å². The first-order valence-corrected chi connectivity index (χ1v) is 10.0. The van der Waals surface area contributed by atoms with E-state index in [9.17, 15) is 4.79 Å². The molecular weight excluding hydrogens is 396 g/mol. The normalized spacial score (nSPS) is 16.4. The number of halogens is 1. The zero-order valence-electron chi connectivity index (χ0n) is 16.5. The van der Waals surface area contributed by atoms with Gasteiger partial charge in [0.1, 0.15) is 18.0 Å². The van der Waals surface area contributed by atoms with E-state index in [-0.39, 0.29) is 12.1 Å². The molecule has 0 atom stereocenters. The third-order valence-corrected chi connectivity index (χ3v) is 5.65. The smallest absolute Gasteiger partial charge is 0.407 e. The van der Waals surface area contributed by atoms with Crippen molar-refractivity contribution in [2.24, 2.45) is 0 Å². The van der Waals surface area contributed by atoms with Gasteiger partial charge in [-0.1, -0.05) is 15.9 Å². The van der Waals surface area contributed by atoms with Crippen molar-refractivity contribution in [1.29, 1.82) is 0 Å². The number of benzene rings is 1. The summed E-state index contributed by atoms with van der Waals surface area (Å²) in [5.74, 6) is 0.921. The van der Waals surface area contributed by atoms with Gasteiger partial charge in [0.2, 0.25) is 0 Å². The molecule has 26 heavy (non-hydrogen) atoms. The molecule has 6 heteroatoms. The summed E-state index contributed by atoms with van der Waals surface area (Å²) in [6, 6.07) is 4.32. The molecule has 0 saturated carbocycles. The van der Waals surface area contributed by atoms with Gasteiger partial charge < -0.3 is 14.8 Å². The molecule has 1 aliphatic rings. The van der Waals surface area contributed by atoms with E-state index in [0.717, 1.165) is 42.7 Å². The minimum atomic E-state index is -0.453. The van der Waals surface area contributed by atoms with Crippen LogP contribution in [0.5, 0.6) is 5.75 Å². The molecule has 0 unspecified atom stereocenters. The number of likely N-dealkylation sites (tertiary alicyclic amines) is 1. The Balaban J connectivity index is 1.68. The Morgan fingerprint density at radius 2 is 1.81 bits per heavy atom. The fourth-order valence-corrected chi connectivity index (χ4v) is 3.29. The predicted octanol–water partition coefficient (Wildman–Crippen LogP) is 4.43. The lowest BCUT2D eigenvalue weighted by molar-refractivity contribution is 0.0476. The fraction of sp³-hybridized carbons (Fsp3) is 0.650. The van der Waals surface area contributed by atoms with E-state index in [1.807, 2.05) is 20.8 Å². The second-order valence-corrected chi connectivity index (χ2v) is 8.77. The summed E-state index contributed by atoms with van der Waals surface area (Å²) < 4.78 is 12.4. The quantitative estimate of drug-likeness (QED) is 0.755. The topological polar surface area (TPSA) is 50.8 Å². The van der Waals surface area contributed by atoms with Crippen LogP contribution >= 0.6 is 15.9 Å². The van der Waals surface area contributed by atoms with Crippen LogP contribution in [0.1, 0.15) is 44.7 Å². The third kappa shape index (κ3) is 6.80. The number of hydrogen-bond acceptors (Lipinski definition) is 4. The average molecular weight is 427 g/mol. The van der Waals surface area contributed by atoms with Gasteiger partial charge >= 0.3 is 6.09 Å². The molecule has 1 fully saturated rings. The first-order chi connectivity index (χ1) is 12.1. The number of nitrogens with one attached hydrogen (secondary N) is 1. The molecule has 1 aromatic carbocycles. The molecule has 1 N–H and O–H groups in total. The highest BCUT2D eigenvalue weighted by molar-refractivity contribution is 9.10. The summed E-state index contributed by atoms with van der Waals surface area (Å²) in [5.41, 5.74) is 1.93. The molecule has 0 radical (unpaired) electrons. The van der Waals surface area contributed by atoms with Crippen LogP contribution < -0.4 is 10.1 Å². The van der Waals surface area contributed by atoms with Crippen molar-refractivity contribution in [3.05, 3.63) is 27.7 Å². The van der Waals surface area contributed by atoms with Crippen LogP contribution in [0.4, 0.5) is 4.79 Å². The largest absolute Gasteiger partial charge is 0.492 e. The van der Waals surface area contributed by atoms with E-state index in [2.05, 4.69) is 52.1 Å². The molecule has 0 spiro atoms. The third-order valence-electron chi connectivity index (χ3n) is 4.39. The van der Waals surface area contributed by atoms with Crippen molar-refractivity contribution in [2.45, 2.75) is 59.1 Å². The lowest BCUT2D eigenvalue weighted by Gasteiger charge is -2.32. The van der Waals surface area contributed by atoms with Gasteiger partial charge in [-0.2, -0.15) is 0 Å². The molecule has 0 bridgehead atoms. The van der Waals surface area contributed by atoms with Gasteiger partial charge in [-0.3, -0.25) is 4.90 Å². The number of carbonyl (C=O) groups excluding carboxylic acids is 1. The van der Waals surface area contributed by atoms with Crippen molar-refractivity contribution in [2.75, 3.05) is 26.2 Å². The average Bonchev–Trinajstić information content (AvgIpc) is 2.52. The molecule has 5 nitrogen and oxygen atoms in total. The van der Waals surface area contributed by atoms with E-state index < -0.39 is 5.60 Å². The van der Waals surface area contributed by atoms with Crippen molar-refractivity contribution in [3.63, 3.8) is 0 Å². The summed E-state index contributed by atoms with van der Waals surface area (Å²) in [7, 11) is 0. The molecule has 1 amide bonds. The highest BCUT2D eigenvalue weighted by atomic mass is 79.9. The first-order valence-electron chi connectivity index (χ1n) is 9.25. The second kappa shape index (κ2) is 9.09. The lowest BCUT2D eigenvalue weighted by atomic mass is 10.1. The van der Waals surface area contributed by atoms with Crippen LogP contribution in [-0.2, 0) is 4.74 Å². The van der Waals surface area contributed by atoms with E-state index in [1.165, 1.54) is 11.1 Å². The van der Waals surface area contributed by atoms with E-state index >= 15 is 0 Å². The van der Waals surface area contributed by atoms with Gasteiger partial charge in [-0.05, 0) is 70.7 Å². The van der Waals surface area contributed by atoms with E-state index in [4.69, 9.17) is 9.47 Å². The van der Waals surface area contributed by atoms with Gasteiger partial charge in [0.25, 0.3) is 0 Å². The number of hydrogen-bond donors (Lipinski definition) is 1. The highest BCUT2D eigenvalue weighted by Crippen LogP contribution is 2.26. The van der Waals surface area contributed by atoms with Crippen LogP contribution in [0.3, 0.4) is 0 Å². The molecule has 0 aromatic heterocycles. The second-order valence-electron chi connectivity index (χ2n) is 7.98. The Morgan fingerprint density at radius 3 is 2.35 bits per heavy atom. The number of nitrogens with zero attached hydrogens (tertiary/aromatic N) is 1. The number of alkyl carbamates (subject to hydrolysis) is 1. The molecule has 0 aliphatic carbocycles. The number of ether oxygens (including phenoxy) is 2. The summed E-state index contributed by atoms with van der Waals surface area (Å²) in [6.07, 6.45) is 1.56. The minimum absolute atomic E-state index is 0.193. The Kier molecular flexibility index (Phi) is 7.35. The Hall–Kier alpha value is -1.27. The number of piperidine rings is 1. The summed E-state index contributed by atoms with van der Waals surface area (Å²) in [4.78, 5) is 14.2. The molecule has 1 saturated heterocycles. The minimum Gasteiger partial charge on any atom is -0.492 e. The lowest BCUT2D eigenvalue weighted by Crippen LogP contribution is -2.46. The molecule has 1 aromatic rings. The maximum absolute atomic E-state index is 11.8. The molecule has 1 heterocycles. The Morgan fingerprint density at radius 1 is 1.23 bits per heavy atom. The van der Waals surface area contributed by atoms with Crippen LogP contribution in [-0.4, -0.2) is 48.9 Å². The number of carbonyl (C=O) groups is 1. The van der Waals surface area contributed by atoms with Crippen molar-refractivity contribution < 1.29 is 14.3 Å². The number of rotatable bonds is 5. The Bertz CT molecular complexity index is 597. The zero-order chi connectivity index (χ0) is 19.3. The monoisotopic (exact) mass is 426 g/mol. The molecule has 146 valence electrons. The SMILES string of the molecule is Cc1cc(OCCN2CCC(NC(=O)OC(C)(C)C)CC2)cc(C)c1Br. The van der Waals surface area contributed by atoms with Gasteiger partial charge in [0.15, 0.2) is 0 Å². The summed E-state index contributed by atoms with van der Waals surface area (Å²) >= 11 is 3.58. The first kappa shape index (κ1) is 21.0. The van der Waals surface area contributed by atoms with Gasteiger partial charge in [0, 0.05) is 30.1 Å². The summed E-state index contributed by atoms with van der Waals surface area (Å²) in [6.45, 7) is 13.3. The summed E-state index contributed by atoms with van der Waals surface area (Å²) in [5, 5.41) is 2.97. The van der Waals surface area contributed by atoms with Gasteiger partial charge in [-0.25, -0.2) is 4.79 Å². The van der Waals surface area contributed by atoms with Crippen molar-refractivity contribution in [1.82, 2.24) is 10.2 Å². The highest BCUT2D eigenvalue weighted by Gasteiger charge is 2.23. The maximum Gasteiger partial charge on any atom is 0.407 e. The fourth-order valence-electron chi connectivity index (χ4n) is 3.06. The zero-order valence-corrected chi connectivity index (χ0v) is 18.1. The number of aryl methyl sites for hydroxylation is 2. The van der Waals surface area contributed by atoms with Gasteiger partial charge in [-0.15, -0.1) is 0 Å². The van der Waals surface area contributed by atoms with Crippen LogP contribution in [0.2, 0.25) is 0 Å². The predicted molar refractivity (Wildman–Crippen MR) is 108 cm³/mol. The van der Waals surface area contributed by atoms with Gasteiger partial charge in [0.05, 0.1) is 0 Å². The Labute approximate surface area is 165 Å². The van der Waals surface area contributed by atoms with Crippen molar-refractivity contribution >= 4 is 22.0 Å². The molecule has 1 aliphatic heterocycles. The standard InChI is InChI=1S/C20H31BrN2O3/c1-14-12-17(13-15(2)18(14)21)25-11-10-23-8-6-16(7-9-23)22-19(24)26-20(3,4)5/h12-13,16H,6-11H2,1-5H3,(H,22,24).